The zero-order chi connectivity index (χ0) is 13.0. The highest BCUT2D eigenvalue weighted by molar-refractivity contribution is 9.10. The van der Waals surface area contributed by atoms with Crippen molar-refractivity contribution in [1.29, 1.82) is 0 Å². The number of pyridine rings is 1. The molecule has 0 atom stereocenters. The molecule has 0 unspecified atom stereocenters. The van der Waals surface area contributed by atoms with Crippen LogP contribution >= 0.6 is 31.9 Å². The summed E-state index contributed by atoms with van der Waals surface area (Å²) in [5.41, 5.74) is 0.626. The maximum absolute atomic E-state index is 11.8. The molecule has 18 heavy (non-hydrogen) atoms. The van der Waals surface area contributed by atoms with E-state index in [-0.39, 0.29) is 12.4 Å². The number of hydrogen-bond donors (Lipinski definition) is 0. The van der Waals surface area contributed by atoms with E-state index in [9.17, 15) is 4.79 Å². The Morgan fingerprint density at radius 2 is 1.83 bits per heavy atom. The van der Waals surface area contributed by atoms with Crippen LogP contribution in [0.1, 0.15) is 10.4 Å². The van der Waals surface area contributed by atoms with Gasteiger partial charge in [0, 0.05) is 20.7 Å². The molecule has 0 bridgehead atoms. The summed E-state index contributed by atoms with van der Waals surface area (Å²) in [7, 11) is 0. The molecule has 1 aromatic carbocycles. The predicted octanol–water partition coefficient (Wildman–Crippen LogP) is 3.87. The molecule has 5 heteroatoms. The fraction of sp³-hybridized carbons (Fsp3) is 0.0769. The SMILES string of the molecule is O=C(COc1cncc(Br)c1)c1ccc(Br)cc1. The van der Waals surface area contributed by atoms with Gasteiger partial charge in [0.2, 0.25) is 0 Å². The van der Waals surface area contributed by atoms with Gasteiger partial charge in [-0.3, -0.25) is 9.78 Å². The van der Waals surface area contributed by atoms with E-state index in [1.54, 1.807) is 30.6 Å². The number of benzene rings is 1. The Bertz CT molecular complexity index is 555. The molecular weight excluding hydrogens is 362 g/mol. The van der Waals surface area contributed by atoms with Crippen LogP contribution in [0, 0.1) is 0 Å². The van der Waals surface area contributed by atoms with E-state index in [1.807, 2.05) is 12.1 Å². The van der Waals surface area contributed by atoms with Crippen molar-refractivity contribution in [3.8, 4) is 5.75 Å². The molecule has 0 saturated heterocycles. The van der Waals surface area contributed by atoms with Gasteiger partial charge in [0.1, 0.15) is 5.75 Å². The first-order chi connectivity index (χ1) is 8.65. The summed E-state index contributed by atoms with van der Waals surface area (Å²) in [6, 6.07) is 8.94. The normalized spacial score (nSPS) is 10.1. The summed E-state index contributed by atoms with van der Waals surface area (Å²) in [4.78, 5) is 15.8. The lowest BCUT2D eigenvalue weighted by Gasteiger charge is -2.05. The summed E-state index contributed by atoms with van der Waals surface area (Å²) in [6.45, 7) is -0.000232. The van der Waals surface area contributed by atoms with Crippen LogP contribution in [0.25, 0.3) is 0 Å². The topological polar surface area (TPSA) is 39.2 Å². The Morgan fingerprint density at radius 1 is 1.11 bits per heavy atom. The molecule has 2 rings (SSSR count). The largest absolute Gasteiger partial charge is 0.484 e. The van der Waals surface area contributed by atoms with E-state index in [4.69, 9.17) is 4.74 Å². The van der Waals surface area contributed by atoms with Crippen LogP contribution in [0.4, 0.5) is 0 Å². The molecule has 0 fully saturated rings. The van der Waals surface area contributed by atoms with Crippen LogP contribution < -0.4 is 4.74 Å². The predicted molar refractivity (Wildman–Crippen MR) is 75.9 cm³/mol. The van der Waals surface area contributed by atoms with Gasteiger partial charge in [-0.25, -0.2) is 0 Å². The molecule has 1 heterocycles. The summed E-state index contributed by atoms with van der Waals surface area (Å²) in [6.07, 6.45) is 3.23. The Morgan fingerprint density at radius 3 is 2.50 bits per heavy atom. The molecule has 0 amide bonds. The number of rotatable bonds is 4. The summed E-state index contributed by atoms with van der Waals surface area (Å²) in [5, 5.41) is 0. The third kappa shape index (κ3) is 3.65. The van der Waals surface area contributed by atoms with Crippen molar-refractivity contribution in [3.05, 3.63) is 57.2 Å². The van der Waals surface area contributed by atoms with E-state index in [0.29, 0.717) is 11.3 Å². The average Bonchev–Trinajstić information content (AvgIpc) is 2.37. The second-order valence-corrected chi connectivity index (χ2v) is 5.39. The van der Waals surface area contributed by atoms with Gasteiger partial charge in [-0.1, -0.05) is 28.1 Å². The molecule has 0 aliphatic rings. The number of carbonyl (C=O) groups excluding carboxylic acids is 1. The zero-order valence-corrected chi connectivity index (χ0v) is 12.4. The number of nitrogens with zero attached hydrogens (tertiary/aromatic N) is 1. The van der Waals surface area contributed by atoms with Gasteiger partial charge in [0.15, 0.2) is 12.4 Å². The fourth-order valence-electron chi connectivity index (χ4n) is 1.34. The lowest BCUT2D eigenvalue weighted by atomic mass is 10.1. The maximum atomic E-state index is 11.8. The van der Waals surface area contributed by atoms with Crippen molar-refractivity contribution in [2.24, 2.45) is 0 Å². The molecule has 92 valence electrons. The first-order valence-corrected chi connectivity index (χ1v) is 6.76. The summed E-state index contributed by atoms with van der Waals surface area (Å²) in [5.74, 6) is 0.498. The molecule has 0 aliphatic heterocycles. The minimum atomic E-state index is -0.0672. The number of halogens is 2. The lowest BCUT2D eigenvalue weighted by molar-refractivity contribution is 0.0921. The molecule has 0 aliphatic carbocycles. The van der Waals surface area contributed by atoms with Crippen molar-refractivity contribution in [2.75, 3.05) is 6.61 Å². The number of ether oxygens (including phenoxy) is 1. The fourth-order valence-corrected chi connectivity index (χ4v) is 1.95. The second kappa shape index (κ2) is 6.11. The van der Waals surface area contributed by atoms with Gasteiger partial charge in [0.05, 0.1) is 6.20 Å². The molecular formula is C13H9Br2NO2. The Balaban J connectivity index is 1.98. The van der Waals surface area contributed by atoms with E-state index in [1.165, 1.54) is 0 Å². The molecule has 0 saturated carbocycles. The van der Waals surface area contributed by atoms with E-state index in [2.05, 4.69) is 36.8 Å². The molecule has 0 radical (unpaired) electrons. The van der Waals surface area contributed by atoms with Gasteiger partial charge >= 0.3 is 0 Å². The van der Waals surface area contributed by atoms with Crippen molar-refractivity contribution >= 4 is 37.6 Å². The minimum Gasteiger partial charge on any atom is -0.484 e. The quantitative estimate of drug-likeness (QED) is 0.767. The number of ketones is 1. The third-order valence-electron chi connectivity index (χ3n) is 2.22. The second-order valence-electron chi connectivity index (χ2n) is 3.56. The number of aromatic nitrogens is 1. The van der Waals surface area contributed by atoms with Gasteiger partial charge in [-0.2, -0.15) is 0 Å². The number of hydrogen-bond acceptors (Lipinski definition) is 3. The third-order valence-corrected chi connectivity index (χ3v) is 3.18. The molecule has 3 nitrogen and oxygen atoms in total. The van der Waals surface area contributed by atoms with E-state index >= 15 is 0 Å². The highest BCUT2D eigenvalue weighted by Crippen LogP contribution is 2.16. The van der Waals surface area contributed by atoms with Crippen molar-refractivity contribution in [2.45, 2.75) is 0 Å². The van der Waals surface area contributed by atoms with Crippen LogP contribution in [0.2, 0.25) is 0 Å². The van der Waals surface area contributed by atoms with Gasteiger partial charge < -0.3 is 4.74 Å². The van der Waals surface area contributed by atoms with Crippen molar-refractivity contribution < 1.29 is 9.53 Å². The minimum absolute atomic E-state index is 0.000232. The van der Waals surface area contributed by atoms with Crippen LogP contribution in [-0.2, 0) is 0 Å². The average molecular weight is 371 g/mol. The van der Waals surface area contributed by atoms with Gasteiger partial charge in [-0.05, 0) is 34.1 Å². The Kier molecular flexibility index (Phi) is 4.49. The first kappa shape index (κ1) is 13.2. The van der Waals surface area contributed by atoms with Gasteiger partial charge in [-0.15, -0.1) is 0 Å². The monoisotopic (exact) mass is 369 g/mol. The molecule has 2 aromatic rings. The Hall–Kier alpha value is -1.20. The van der Waals surface area contributed by atoms with Crippen molar-refractivity contribution in [3.63, 3.8) is 0 Å². The molecule has 0 spiro atoms. The summed E-state index contributed by atoms with van der Waals surface area (Å²) >= 11 is 6.61. The standard InChI is InChI=1S/C13H9Br2NO2/c14-10-3-1-9(2-4-10)13(17)8-18-12-5-11(15)6-16-7-12/h1-7H,8H2. The first-order valence-electron chi connectivity index (χ1n) is 5.17. The Labute approximate surface area is 121 Å². The van der Waals surface area contributed by atoms with Crippen LogP contribution in [0.5, 0.6) is 5.75 Å². The number of Topliss-reactive ketones (excluding diaryl/α,β-unsaturated/α-hetero) is 1. The number of carbonyl (C=O) groups is 1. The van der Waals surface area contributed by atoms with Crippen LogP contribution in [-0.4, -0.2) is 17.4 Å². The van der Waals surface area contributed by atoms with Gasteiger partial charge in [0.25, 0.3) is 0 Å². The molecule has 1 aromatic heterocycles. The van der Waals surface area contributed by atoms with E-state index < -0.39 is 0 Å². The highest BCUT2D eigenvalue weighted by atomic mass is 79.9. The molecule has 0 N–H and O–H groups in total. The van der Waals surface area contributed by atoms with E-state index in [0.717, 1.165) is 8.95 Å². The maximum Gasteiger partial charge on any atom is 0.200 e. The lowest BCUT2D eigenvalue weighted by Crippen LogP contribution is -2.11. The van der Waals surface area contributed by atoms with Crippen LogP contribution in [0.15, 0.2) is 51.7 Å². The smallest absolute Gasteiger partial charge is 0.200 e. The van der Waals surface area contributed by atoms with Crippen molar-refractivity contribution in [1.82, 2.24) is 4.98 Å². The zero-order valence-electron chi connectivity index (χ0n) is 9.27. The van der Waals surface area contributed by atoms with Crippen LogP contribution in [0.3, 0.4) is 0 Å². The highest BCUT2D eigenvalue weighted by Gasteiger charge is 2.06. The summed E-state index contributed by atoms with van der Waals surface area (Å²) < 4.78 is 7.14.